The molecule has 2 rings (SSSR count). The van der Waals surface area contributed by atoms with Gasteiger partial charge in [0.15, 0.2) is 0 Å². The molecule has 0 unspecified atom stereocenters. The molecule has 98 valence electrons. The molecule has 0 atom stereocenters. The van der Waals surface area contributed by atoms with E-state index in [4.69, 9.17) is 0 Å². The minimum atomic E-state index is -0.257. The van der Waals surface area contributed by atoms with Gasteiger partial charge in [0.2, 0.25) is 5.91 Å². The number of aryl methyl sites for hydroxylation is 2. The Kier molecular flexibility index (Phi) is 4.29. The van der Waals surface area contributed by atoms with Crippen LogP contribution in [0.25, 0.3) is 0 Å². The second-order valence-electron chi connectivity index (χ2n) is 4.54. The Morgan fingerprint density at radius 2 is 1.89 bits per heavy atom. The van der Waals surface area contributed by atoms with E-state index in [2.05, 4.69) is 5.32 Å². The number of anilines is 1. The minimum Gasteiger partial charge on any atom is -0.326 e. The van der Waals surface area contributed by atoms with Crippen molar-refractivity contribution in [1.82, 2.24) is 0 Å². The first-order chi connectivity index (χ1) is 9.13. The summed E-state index contributed by atoms with van der Waals surface area (Å²) in [5, 5.41) is 2.85. The number of hydrogen-bond acceptors (Lipinski definition) is 1. The van der Waals surface area contributed by atoms with Crippen LogP contribution in [0.4, 0.5) is 10.1 Å². The summed E-state index contributed by atoms with van der Waals surface area (Å²) in [7, 11) is 0. The van der Waals surface area contributed by atoms with Gasteiger partial charge < -0.3 is 5.32 Å². The van der Waals surface area contributed by atoms with Crippen LogP contribution in [0.15, 0.2) is 48.5 Å². The van der Waals surface area contributed by atoms with Gasteiger partial charge in [-0.1, -0.05) is 24.3 Å². The Balaban J connectivity index is 1.86. The largest absolute Gasteiger partial charge is 0.326 e. The zero-order valence-corrected chi connectivity index (χ0v) is 10.8. The van der Waals surface area contributed by atoms with Crippen molar-refractivity contribution < 1.29 is 9.18 Å². The normalized spacial score (nSPS) is 10.2. The van der Waals surface area contributed by atoms with E-state index in [1.165, 1.54) is 12.1 Å². The van der Waals surface area contributed by atoms with Crippen molar-refractivity contribution in [3.63, 3.8) is 0 Å². The fourth-order valence-electron chi connectivity index (χ4n) is 1.86. The molecule has 0 saturated carbocycles. The first-order valence-corrected chi connectivity index (χ1v) is 6.24. The highest BCUT2D eigenvalue weighted by molar-refractivity contribution is 5.90. The molecule has 0 aliphatic heterocycles. The molecule has 0 spiro atoms. The van der Waals surface area contributed by atoms with Crippen LogP contribution in [0.5, 0.6) is 0 Å². The van der Waals surface area contributed by atoms with Crippen molar-refractivity contribution in [1.29, 1.82) is 0 Å². The molecule has 19 heavy (non-hydrogen) atoms. The predicted octanol–water partition coefficient (Wildman–Crippen LogP) is 3.71. The van der Waals surface area contributed by atoms with Crippen molar-refractivity contribution in [2.24, 2.45) is 0 Å². The minimum absolute atomic E-state index is 0.0325. The SMILES string of the molecule is Cc1cccc(NC(=O)CCc2ccc(F)cc2)c1. The highest BCUT2D eigenvalue weighted by atomic mass is 19.1. The molecule has 1 amide bonds. The molecular weight excluding hydrogens is 241 g/mol. The third-order valence-electron chi connectivity index (χ3n) is 2.86. The zero-order chi connectivity index (χ0) is 13.7. The van der Waals surface area contributed by atoms with E-state index in [1.807, 2.05) is 31.2 Å². The van der Waals surface area contributed by atoms with Gasteiger partial charge in [0.1, 0.15) is 5.82 Å². The van der Waals surface area contributed by atoms with E-state index in [1.54, 1.807) is 12.1 Å². The third kappa shape index (κ3) is 4.21. The monoisotopic (exact) mass is 257 g/mol. The molecule has 2 aromatic carbocycles. The summed E-state index contributed by atoms with van der Waals surface area (Å²) in [6.45, 7) is 1.98. The average molecular weight is 257 g/mol. The molecule has 0 radical (unpaired) electrons. The number of benzene rings is 2. The van der Waals surface area contributed by atoms with Gasteiger partial charge in [-0.3, -0.25) is 4.79 Å². The first-order valence-electron chi connectivity index (χ1n) is 6.24. The van der Waals surface area contributed by atoms with Gasteiger partial charge in [-0.2, -0.15) is 0 Å². The molecule has 0 aliphatic carbocycles. The Morgan fingerprint density at radius 1 is 1.16 bits per heavy atom. The second-order valence-corrected chi connectivity index (χ2v) is 4.54. The van der Waals surface area contributed by atoms with E-state index < -0.39 is 0 Å². The van der Waals surface area contributed by atoms with Gasteiger partial charge in [0.25, 0.3) is 0 Å². The van der Waals surface area contributed by atoms with Crippen LogP contribution >= 0.6 is 0 Å². The summed E-state index contributed by atoms with van der Waals surface area (Å²) in [5.74, 6) is -0.289. The van der Waals surface area contributed by atoms with Crippen molar-refractivity contribution >= 4 is 11.6 Å². The lowest BCUT2D eigenvalue weighted by Gasteiger charge is -2.06. The maximum absolute atomic E-state index is 12.7. The number of halogens is 1. The van der Waals surface area contributed by atoms with Crippen LogP contribution in [0.3, 0.4) is 0 Å². The van der Waals surface area contributed by atoms with E-state index in [9.17, 15) is 9.18 Å². The second kappa shape index (κ2) is 6.14. The average Bonchev–Trinajstić information content (AvgIpc) is 2.38. The zero-order valence-electron chi connectivity index (χ0n) is 10.8. The maximum Gasteiger partial charge on any atom is 0.224 e. The molecule has 0 heterocycles. The van der Waals surface area contributed by atoms with Crippen molar-refractivity contribution in [2.45, 2.75) is 19.8 Å². The molecule has 0 saturated heterocycles. The highest BCUT2D eigenvalue weighted by Crippen LogP contribution is 2.11. The number of nitrogens with one attached hydrogen (secondary N) is 1. The quantitative estimate of drug-likeness (QED) is 0.889. The molecule has 3 heteroatoms. The molecule has 0 bridgehead atoms. The summed E-state index contributed by atoms with van der Waals surface area (Å²) >= 11 is 0. The number of rotatable bonds is 4. The van der Waals surface area contributed by atoms with Crippen molar-refractivity contribution in [3.05, 3.63) is 65.5 Å². The molecule has 2 nitrogen and oxygen atoms in total. The summed E-state index contributed by atoms with van der Waals surface area (Å²) in [4.78, 5) is 11.8. The van der Waals surface area contributed by atoms with Crippen LogP contribution in [0.2, 0.25) is 0 Å². The van der Waals surface area contributed by atoms with Crippen LogP contribution in [-0.4, -0.2) is 5.91 Å². The summed E-state index contributed by atoms with van der Waals surface area (Å²) in [5.41, 5.74) is 2.88. The summed E-state index contributed by atoms with van der Waals surface area (Å²) in [6, 6.07) is 13.9. The van der Waals surface area contributed by atoms with Crippen LogP contribution in [0, 0.1) is 12.7 Å². The highest BCUT2D eigenvalue weighted by Gasteiger charge is 2.03. The Labute approximate surface area is 112 Å². The Morgan fingerprint density at radius 3 is 2.58 bits per heavy atom. The number of carbonyl (C=O) groups excluding carboxylic acids is 1. The summed E-state index contributed by atoms with van der Waals surface area (Å²) < 4.78 is 12.7. The predicted molar refractivity (Wildman–Crippen MR) is 74.5 cm³/mol. The van der Waals surface area contributed by atoms with Gasteiger partial charge in [-0.05, 0) is 48.7 Å². The van der Waals surface area contributed by atoms with Crippen LogP contribution in [0.1, 0.15) is 17.5 Å². The van der Waals surface area contributed by atoms with Gasteiger partial charge in [-0.15, -0.1) is 0 Å². The molecule has 2 aromatic rings. The lowest BCUT2D eigenvalue weighted by Crippen LogP contribution is -2.12. The van der Waals surface area contributed by atoms with Gasteiger partial charge in [-0.25, -0.2) is 4.39 Å². The Hall–Kier alpha value is -2.16. The lowest BCUT2D eigenvalue weighted by molar-refractivity contribution is -0.116. The Bertz CT molecular complexity index is 563. The van der Waals surface area contributed by atoms with Crippen molar-refractivity contribution in [2.75, 3.05) is 5.32 Å². The topological polar surface area (TPSA) is 29.1 Å². The summed E-state index contributed by atoms with van der Waals surface area (Å²) in [6.07, 6.45) is 0.998. The number of carbonyl (C=O) groups is 1. The fraction of sp³-hybridized carbons (Fsp3) is 0.188. The standard InChI is InChI=1S/C16H16FNO/c1-12-3-2-4-15(11-12)18-16(19)10-7-13-5-8-14(17)9-6-13/h2-6,8-9,11H,7,10H2,1H3,(H,18,19). The van der Waals surface area contributed by atoms with Gasteiger partial charge >= 0.3 is 0 Å². The fourth-order valence-corrected chi connectivity index (χ4v) is 1.86. The molecule has 0 aromatic heterocycles. The van der Waals surface area contributed by atoms with E-state index in [-0.39, 0.29) is 11.7 Å². The van der Waals surface area contributed by atoms with Gasteiger partial charge in [0.05, 0.1) is 0 Å². The molecular formula is C16H16FNO. The van der Waals surface area contributed by atoms with Crippen LogP contribution < -0.4 is 5.32 Å². The number of amides is 1. The number of hydrogen-bond donors (Lipinski definition) is 1. The van der Waals surface area contributed by atoms with Crippen molar-refractivity contribution in [3.8, 4) is 0 Å². The van der Waals surface area contributed by atoms with E-state index in [0.29, 0.717) is 12.8 Å². The molecule has 0 aliphatic rings. The maximum atomic E-state index is 12.7. The third-order valence-corrected chi connectivity index (χ3v) is 2.86. The molecule has 0 fully saturated rings. The van der Waals surface area contributed by atoms with E-state index >= 15 is 0 Å². The smallest absolute Gasteiger partial charge is 0.224 e. The van der Waals surface area contributed by atoms with Gasteiger partial charge in [0, 0.05) is 12.1 Å². The molecule has 1 N–H and O–H groups in total. The van der Waals surface area contributed by atoms with Crippen LogP contribution in [-0.2, 0) is 11.2 Å². The first kappa shape index (κ1) is 13.3. The van der Waals surface area contributed by atoms with E-state index in [0.717, 1.165) is 16.8 Å². The lowest BCUT2D eigenvalue weighted by atomic mass is 10.1.